The molecule has 2 aliphatic heterocycles. The van der Waals surface area contributed by atoms with E-state index in [-0.39, 0.29) is 35.9 Å². The Hall–Kier alpha value is -0.770. The molecule has 27 heavy (non-hydrogen) atoms. The van der Waals surface area contributed by atoms with Crippen LogP contribution in [0, 0.1) is 5.92 Å². The third-order valence-electron chi connectivity index (χ3n) is 4.73. The van der Waals surface area contributed by atoms with Gasteiger partial charge in [-0.2, -0.15) is 0 Å². The standard InChI is InChI=1S/C19H36N4O3.HI/c1-7-20-17(22-14-10-13-8-9-16(14)25-13)21-11-15(12(2)3)23-18(24)26-19(4,5)6;/h12-16H,7-11H2,1-6H3,(H,23,24)(H2,20,21,22);1H. The first-order valence-electron chi connectivity index (χ1n) is 9.87. The summed E-state index contributed by atoms with van der Waals surface area (Å²) in [6, 6.07) is 0.236. The zero-order valence-corrected chi connectivity index (χ0v) is 19.8. The van der Waals surface area contributed by atoms with Gasteiger partial charge in [0, 0.05) is 6.54 Å². The molecule has 0 aromatic rings. The zero-order chi connectivity index (χ0) is 19.3. The molecule has 2 rings (SSSR count). The lowest BCUT2D eigenvalue weighted by Crippen LogP contribution is -2.48. The number of nitrogens with one attached hydrogen (secondary N) is 3. The molecular formula is C19H37IN4O3. The average molecular weight is 496 g/mol. The van der Waals surface area contributed by atoms with Gasteiger partial charge >= 0.3 is 6.09 Å². The molecule has 2 fully saturated rings. The second kappa shape index (κ2) is 10.7. The lowest BCUT2D eigenvalue weighted by atomic mass is 9.96. The van der Waals surface area contributed by atoms with Crippen molar-refractivity contribution >= 4 is 36.0 Å². The minimum Gasteiger partial charge on any atom is -0.444 e. The highest BCUT2D eigenvalue weighted by Gasteiger charge is 2.41. The summed E-state index contributed by atoms with van der Waals surface area (Å²) in [7, 11) is 0. The van der Waals surface area contributed by atoms with Gasteiger partial charge in [0.2, 0.25) is 0 Å². The molecule has 2 saturated heterocycles. The van der Waals surface area contributed by atoms with Crippen molar-refractivity contribution in [2.45, 2.75) is 90.7 Å². The highest BCUT2D eigenvalue weighted by Crippen LogP contribution is 2.34. The first kappa shape index (κ1) is 24.3. The number of hydrogen-bond acceptors (Lipinski definition) is 4. The number of fused-ring (bicyclic) bond motifs is 2. The molecule has 0 spiro atoms. The van der Waals surface area contributed by atoms with Crippen LogP contribution in [-0.4, -0.2) is 55.0 Å². The Morgan fingerprint density at radius 3 is 2.48 bits per heavy atom. The van der Waals surface area contributed by atoms with Gasteiger partial charge in [0.15, 0.2) is 5.96 Å². The SMILES string of the molecule is CCNC(=NCC(NC(=O)OC(C)(C)C)C(C)C)NC1CC2CCC1O2.I. The zero-order valence-electron chi connectivity index (χ0n) is 17.5. The first-order valence-corrected chi connectivity index (χ1v) is 9.87. The van der Waals surface area contributed by atoms with Crippen LogP contribution in [0.15, 0.2) is 4.99 Å². The van der Waals surface area contributed by atoms with Gasteiger partial charge in [-0.3, -0.25) is 4.99 Å². The van der Waals surface area contributed by atoms with Crippen LogP contribution in [0.3, 0.4) is 0 Å². The molecule has 4 unspecified atom stereocenters. The summed E-state index contributed by atoms with van der Waals surface area (Å²) in [5.74, 6) is 1.03. The van der Waals surface area contributed by atoms with E-state index in [9.17, 15) is 4.79 Å². The van der Waals surface area contributed by atoms with Crippen molar-refractivity contribution in [3.8, 4) is 0 Å². The van der Waals surface area contributed by atoms with Crippen molar-refractivity contribution in [3.63, 3.8) is 0 Å². The van der Waals surface area contributed by atoms with Crippen molar-refractivity contribution in [3.05, 3.63) is 0 Å². The second-order valence-electron chi connectivity index (χ2n) is 8.58. The van der Waals surface area contributed by atoms with Gasteiger partial charge in [-0.1, -0.05) is 13.8 Å². The van der Waals surface area contributed by atoms with Crippen molar-refractivity contribution in [2.24, 2.45) is 10.9 Å². The quantitative estimate of drug-likeness (QED) is 0.299. The van der Waals surface area contributed by atoms with Crippen molar-refractivity contribution in [1.82, 2.24) is 16.0 Å². The molecule has 1 amide bonds. The van der Waals surface area contributed by atoms with Gasteiger partial charge in [0.1, 0.15) is 5.60 Å². The molecule has 2 bridgehead atoms. The maximum absolute atomic E-state index is 12.1. The third-order valence-corrected chi connectivity index (χ3v) is 4.73. The van der Waals surface area contributed by atoms with E-state index in [1.807, 2.05) is 27.7 Å². The molecular weight excluding hydrogens is 459 g/mol. The van der Waals surface area contributed by atoms with E-state index in [0.717, 1.165) is 25.3 Å². The van der Waals surface area contributed by atoms with E-state index in [2.05, 4.69) is 29.8 Å². The first-order chi connectivity index (χ1) is 12.2. The molecule has 8 heteroatoms. The van der Waals surface area contributed by atoms with Crippen LogP contribution in [0.25, 0.3) is 0 Å². The molecule has 0 aromatic heterocycles. The lowest BCUT2D eigenvalue weighted by molar-refractivity contribution is 0.0493. The Balaban J connectivity index is 0.00000364. The maximum Gasteiger partial charge on any atom is 0.407 e. The molecule has 0 aromatic carbocycles. The number of guanidine groups is 1. The van der Waals surface area contributed by atoms with E-state index in [4.69, 9.17) is 14.5 Å². The summed E-state index contributed by atoms with van der Waals surface area (Å²) in [4.78, 5) is 16.8. The van der Waals surface area contributed by atoms with E-state index in [0.29, 0.717) is 24.8 Å². The molecule has 2 heterocycles. The van der Waals surface area contributed by atoms with Gasteiger partial charge in [-0.25, -0.2) is 4.79 Å². The Morgan fingerprint density at radius 2 is 2.00 bits per heavy atom. The molecule has 3 N–H and O–H groups in total. The minimum absolute atomic E-state index is 0. The molecule has 0 saturated carbocycles. The number of halogens is 1. The lowest BCUT2D eigenvalue weighted by Gasteiger charge is -2.26. The fraction of sp³-hybridized carbons (Fsp3) is 0.895. The highest BCUT2D eigenvalue weighted by atomic mass is 127. The van der Waals surface area contributed by atoms with Gasteiger partial charge < -0.3 is 25.4 Å². The van der Waals surface area contributed by atoms with Gasteiger partial charge in [0.25, 0.3) is 0 Å². The van der Waals surface area contributed by atoms with E-state index < -0.39 is 11.7 Å². The summed E-state index contributed by atoms with van der Waals surface area (Å²) in [6.45, 7) is 13.1. The number of aliphatic imine (C=N–C) groups is 1. The van der Waals surface area contributed by atoms with E-state index in [1.165, 1.54) is 6.42 Å². The monoisotopic (exact) mass is 496 g/mol. The number of carbonyl (C=O) groups excluding carboxylic acids is 1. The number of ether oxygens (including phenoxy) is 2. The second-order valence-corrected chi connectivity index (χ2v) is 8.58. The predicted molar refractivity (Wildman–Crippen MR) is 119 cm³/mol. The number of alkyl carbamates (subject to hydrolysis) is 1. The Labute approximate surface area is 180 Å². The molecule has 7 nitrogen and oxygen atoms in total. The Morgan fingerprint density at radius 1 is 1.30 bits per heavy atom. The smallest absolute Gasteiger partial charge is 0.407 e. The van der Waals surface area contributed by atoms with Crippen LogP contribution in [-0.2, 0) is 9.47 Å². The average Bonchev–Trinajstić information content (AvgIpc) is 3.12. The van der Waals surface area contributed by atoms with Crippen LogP contribution in [0.5, 0.6) is 0 Å². The number of rotatable bonds is 6. The molecule has 158 valence electrons. The molecule has 0 aliphatic carbocycles. The Kier molecular flexibility index (Phi) is 9.61. The summed E-state index contributed by atoms with van der Waals surface area (Å²) < 4.78 is 11.3. The largest absolute Gasteiger partial charge is 0.444 e. The number of nitrogens with zero attached hydrogens (tertiary/aromatic N) is 1. The summed E-state index contributed by atoms with van der Waals surface area (Å²) in [6.07, 6.45) is 3.63. The van der Waals surface area contributed by atoms with Crippen LogP contribution < -0.4 is 16.0 Å². The van der Waals surface area contributed by atoms with Crippen LogP contribution in [0.1, 0.15) is 60.8 Å². The van der Waals surface area contributed by atoms with E-state index in [1.54, 1.807) is 0 Å². The molecule has 4 atom stereocenters. The number of hydrogen-bond donors (Lipinski definition) is 3. The molecule has 2 aliphatic rings. The van der Waals surface area contributed by atoms with Crippen LogP contribution in [0.2, 0.25) is 0 Å². The summed E-state index contributed by atoms with van der Waals surface area (Å²) in [5, 5.41) is 9.74. The third kappa shape index (κ3) is 8.01. The summed E-state index contributed by atoms with van der Waals surface area (Å²) >= 11 is 0. The molecule has 0 radical (unpaired) electrons. The van der Waals surface area contributed by atoms with Crippen LogP contribution >= 0.6 is 24.0 Å². The summed E-state index contributed by atoms with van der Waals surface area (Å²) in [5.41, 5.74) is -0.507. The fourth-order valence-electron chi connectivity index (χ4n) is 3.36. The van der Waals surface area contributed by atoms with E-state index >= 15 is 0 Å². The van der Waals surface area contributed by atoms with Gasteiger partial charge in [-0.05, 0) is 52.9 Å². The Bertz CT molecular complexity index is 508. The van der Waals surface area contributed by atoms with Crippen LogP contribution in [0.4, 0.5) is 4.79 Å². The van der Waals surface area contributed by atoms with Crippen molar-refractivity contribution in [2.75, 3.05) is 13.1 Å². The van der Waals surface area contributed by atoms with Gasteiger partial charge in [0.05, 0.1) is 30.8 Å². The number of amides is 1. The van der Waals surface area contributed by atoms with Crippen molar-refractivity contribution < 1.29 is 14.3 Å². The topological polar surface area (TPSA) is 84.0 Å². The van der Waals surface area contributed by atoms with Crippen molar-refractivity contribution in [1.29, 1.82) is 0 Å². The predicted octanol–water partition coefficient (Wildman–Crippen LogP) is 3.03. The highest BCUT2D eigenvalue weighted by molar-refractivity contribution is 14.0. The minimum atomic E-state index is -0.507. The van der Waals surface area contributed by atoms with Gasteiger partial charge in [-0.15, -0.1) is 24.0 Å². The fourth-order valence-corrected chi connectivity index (χ4v) is 3.36. The normalized spacial score (nSPS) is 25.7. The number of carbonyl (C=O) groups is 1. The maximum atomic E-state index is 12.1.